The van der Waals surface area contributed by atoms with E-state index in [0.29, 0.717) is 46.8 Å². The number of benzene rings is 2. The molecule has 3 nitrogen and oxygen atoms in total. The highest BCUT2D eigenvalue weighted by atomic mass is 35.5. The zero-order valence-electron chi connectivity index (χ0n) is 12.3. The summed E-state index contributed by atoms with van der Waals surface area (Å²) in [6, 6.07) is 12.6. The molecule has 1 aliphatic heterocycles. The molecule has 0 bridgehead atoms. The van der Waals surface area contributed by atoms with Crippen molar-refractivity contribution < 1.29 is 4.79 Å². The van der Waals surface area contributed by atoms with E-state index in [4.69, 9.17) is 34.8 Å². The fourth-order valence-corrected chi connectivity index (χ4v) is 3.58. The Balaban J connectivity index is 1.72. The van der Waals surface area contributed by atoms with Crippen molar-refractivity contribution in [2.75, 3.05) is 31.1 Å². The SMILES string of the molecule is O=C(c1ccccc1Cl)N1CCN(c2c(Cl)cccc2Cl)CC1. The second kappa shape index (κ2) is 7.00. The number of anilines is 1. The molecular formula is C17H15Cl3N2O. The van der Waals surface area contributed by atoms with Crippen LogP contribution in [-0.4, -0.2) is 37.0 Å². The lowest BCUT2D eigenvalue weighted by molar-refractivity contribution is 0.0747. The number of hydrogen-bond donors (Lipinski definition) is 0. The standard InChI is InChI=1S/C17H15Cl3N2O/c18-13-5-2-1-4-12(13)17(23)22-10-8-21(9-11-22)16-14(19)6-3-7-15(16)20/h1-7H,8-11H2. The lowest BCUT2D eigenvalue weighted by Gasteiger charge is -2.37. The summed E-state index contributed by atoms with van der Waals surface area (Å²) in [5.74, 6) is -0.0412. The number of hydrogen-bond acceptors (Lipinski definition) is 2. The average molecular weight is 370 g/mol. The van der Waals surface area contributed by atoms with Crippen molar-refractivity contribution in [1.29, 1.82) is 0 Å². The van der Waals surface area contributed by atoms with Gasteiger partial charge >= 0.3 is 0 Å². The van der Waals surface area contributed by atoms with Crippen LogP contribution in [0.25, 0.3) is 0 Å². The second-order valence-corrected chi connectivity index (χ2v) is 6.55. The molecule has 0 unspecified atom stereocenters. The summed E-state index contributed by atoms with van der Waals surface area (Å²) in [5, 5.41) is 1.74. The Morgan fingerprint density at radius 2 is 1.35 bits per heavy atom. The number of carbonyl (C=O) groups is 1. The smallest absolute Gasteiger partial charge is 0.255 e. The van der Waals surface area contributed by atoms with Gasteiger partial charge in [-0.1, -0.05) is 53.0 Å². The maximum Gasteiger partial charge on any atom is 0.255 e. The van der Waals surface area contributed by atoms with Gasteiger partial charge in [0.05, 0.1) is 26.3 Å². The minimum atomic E-state index is -0.0412. The Morgan fingerprint density at radius 1 is 0.783 bits per heavy atom. The van der Waals surface area contributed by atoms with Crippen LogP contribution in [0.15, 0.2) is 42.5 Å². The van der Waals surface area contributed by atoms with Crippen LogP contribution in [-0.2, 0) is 0 Å². The molecule has 2 aromatic carbocycles. The van der Waals surface area contributed by atoms with E-state index in [-0.39, 0.29) is 5.91 Å². The fraction of sp³-hybridized carbons (Fsp3) is 0.235. The molecule has 6 heteroatoms. The number of carbonyl (C=O) groups excluding carboxylic acids is 1. The van der Waals surface area contributed by atoms with Gasteiger partial charge in [0.15, 0.2) is 0 Å². The van der Waals surface area contributed by atoms with E-state index >= 15 is 0 Å². The molecule has 1 amide bonds. The highest BCUT2D eigenvalue weighted by molar-refractivity contribution is 6.39. The molecule has 0 spiro atoms. The van der Waals surface area contributed by atoms with Gasteiger partial charge in [0, 0.05) is 26.2 Å². The van der Waals surface area contributed by atoms with Crippen LogP contribution >= 0.6 is 34.8 Å². The average Bonchev–Trinajstić information content (AvgIpc) is 2.55. The summed E-state index contributed by atoms with van der Waals surface area (Å²) in [4.78, 5) is 16.5. The number of rotatable bonds is 2. The molecule has 0 saturated carbocycles. The largest absolute Gasteiger partial charge is 0.366 e. The van der Waals surface area contributed by atoms with E-state index in [1.54, 1.807) is 12.1 Å². The molecule has 0 aromatic heterocycles. The van der Waals surface area contributed by atoms with Crippen LogP contribution in [0.5, 0.6) is 0 Å². The van der Waals surface area contributed by atoms with E-state index in [1.165, 1.54) is 0 Å². The lowest BCUT2D eigenvalue weighted by atomic mass is 10.1. The van der Waals surface area contributed by atoms with E-state index < -0.39 is 0 Å². The molecule has 3 rings (SSSR count). The molecule has 1 aliphatic rings. The van der Waals surface area contributed by atoms with Gasteiger partial charge < -0.3 is 9.80 Å². The van der Waals surface area contributed by atoms with Crippen LogP contribution in [0, 0.1) is 0 Å². The molecule has 120 valence electrons. The predicted octanol–water partition coefficient (Wildman–Crippen LogP) is 4.61. The van der Waals surface area contributed by atoms with E-state index in [1.807, 2.05) is 35.2 Å². The molecule has 0 N–H and O–H groups in total. The van der Waals surface area contributed by atoms with Gasteiger partial charge in [-0.15, -0.1) is 0 Å². The summed E-state index contributed by atoms with van der Waals surface area (Å²) in [5.41, 5.74) is 1.37. The third-order valence-corrected chi connectivity index (χ3v) is 4.86. The van der Waals surface area contributed by atoms with Gasteiger partial charge in [0.25, 0.3) is 5.91 Å². The van der Waals surface area contributed by atoms with Crippen molar-refractivity contribution in [3.05, 3.63) is 63.1 Å². The van der Waals surface area contributed by atoms with Crippen LogP contribution in [0.4, 0.5) is 5.69 Å². The van der Waals surface area contributed by atoms with Gasteiger partial charge in [0.2, 0.25) is 0 Å². The molecule has 2 aromatic rings. The highest BCUT2D eigenvalue weighted by Crippen LogP contribution is 2.34. The third-order valence-electron chi connectivity index (χ3n) is 3.92. The first-order chi connectivity index (χ1) is 11.1. The van der Waals surface area contributed by atoms with Crippen molar-refractivity contribution in [3.63, 3.8) is 0 Å². The topological polar surface area (TPSA) is 23.6 Å². The summed E-state index contributed by atoms with van der Waals surface area (Å²) in [6.07, 6.45) is 0. The highest BCUT2D eigenvalue weighted by Gasteiger charge is 2.25. The van der Waals surface area contributed by atoms with Gasteiger partial charge in [-0.2, -0.15) is 0 Å². The first-order valence-corrected chi connectivity index (χ1v) is 8.44. The van der Waals surface area contributed by atoms with Crippen LogP contribution in [0.2, 0.25) is 15.1 Å². The Bertz CT molecular complexity index is 707. The Hall–Kier alpha value is -1.42. The lowest BCUT2D eigenvalue weighted by Crippen LogP contribution is -2.49. The van der Waals surface area contributed by atoms with E-state index in [2.05, 4.69) is 4.90 Å². The monoisotopic (exact) mass is 368 g/mol. The minimum Gasteiger partial charge on any atom is -0.366 e. The molecule has 1 heterocycles. The number of para-hydroxylation sites is 1. The zero-order valence-corrected chi connectivity index (χ0v) is 14.6. The van der Waals surface area contributed by atoms with Crippen molar-refractivity contribution in [1.82, 2.24) is 4.90 Å². The summed E-state index contributed by atoms with van der Waals surface area (Å²) < 4.78 is 0. The van der Waals surface area contributed by atoms with Crippen molar-refractivity contribution in [2.45, 2.75) is 0 Å². The van der Waals surface area contributed by atoms with Gasteiger partial charge in [-0.3, -0.25) is 4.79 Å². The first-order valence-electron chi connectivity index (χ1n) is 7.30. The minimum absolute atomic E-state index is 0.0412. The molecule has 1 fully saturated rings. The third kappa shape index (κ3) is 3.42. The van der Waals surface area contributed by atoms with E-state index in [9.17, 15) is 4.79 Å². The number of halogens is 3. The number of nitrogens with zero attached hydrogens (tertiary/aromatic N) is 2. The Morgan fingerprint density at radius 3 is 1.96 bits per heavy atom. The van der Waals surface area contributed by atoms with Crippen molar-refractivity contribution in [3.8, 4) is 0 Å². The van der Waals surface area contributed by atoms with Crippen molar-refractivity contribution >= 4 is 46.4 Å². The quantitative estimate of drug-likeness (QED) is 0.772. The summed E-state index contributed by atoms with van der Waals surface area (Å²) >= 11 is 18.6. The van der Waals surface area contributed by atoms with Crippen LogP contribution < -0.4 is 4.90 Å². The van der Waals surface area contributed by atoms with E-state index in [0.717, 1.165) is 5.69 Å². The molecule has 23 heavy (non-hydrogen) atoms. The van der Waals surface area contributed by atoms with Gasteiger partial charge in [0.1, 0.15) is 0 Å². The Labute approximate surface area is 150 Å². The van der Waals surface area contributed by atoms with Crippen LogP contribution in [0.3, 0.4) is 0 Å². The normalized spacial score (nSPS) is 14.9. The fourth-order valence-electron chi connectivity index (χ4n) is 2.73. The summed E-state index contributed by atoms with van der Waals surface area (Å²) in [6.45, 7) is 2.57. The molecular weight excluding hydrogens is 355 g/mol. The first kappa shape index (κ1) is 16.4. The van der Waals surface area contributed by atoms with Gasteiger partial charge in [-0.05, 0) is 24.3 Å². The van der Waals surface area contributed by atoms with Gasteiger partial charge in [-0.25, -0.2) is 0 Å². The molecule has 0 atom stereocenters. The molecule has 0 aliphatic carbocycles. The maximum absolute atomic E-state index is 12.6. The number of amides is 1. The predicted molar refractivity (Wildman–Crippen MR) is 96.0 cm³/mol. The number of piperazine rings is 1. The second-order valence-electron chi connectivity index (χ2n) is 5.33. The van der Waals surface area contributed by atoms with Crippen molar-refractivity contribution in [2.24, 2.45) is 0 Å². The molecule has 1 saturated heterocycles. The summed E-state index contributed by atoms with van der Waals surface area (Å²) in [7, 11) is 0. The maximum atomic E-state index is 12.6. The Kier molecular flexibility index (Phi) is 5.00. The van der Waals surface area contributed by atoms with Crippen LogP contribution in [0.1, 0.15) is 10.4 Å². The zero-order chi connectivity index (χ0) is 16.4. The molecule has 0 radical (unpaired) electrons.